The maximum Gasteiger partial charge on any atom is 0.255 e. The second-order valence-electron chi connectivity index (χ2n) is 4.59. The van der Waals surface area contributed by atoms with Crippen molar-refractivity contribution in [1.82, 2.24) is 4.90 Å². The maximum absolute atomic E-state index is 12.9. The molecule has 1 aliphatic heterocycles. The standard InChI is InChI=1S/C13H15ClFNO2/c1-8-6-16(7-9(2)18-8)13(17)11-4-3-10(15)5-12(11)14/h3-5,8-9H,6-7H2,1-2H3/t8-,9-/m0/s1. The topological polar surface area (TPSA) is 29.5 Å². The van der Waals surface area contributed by atoms with E-state index in [0.29, 0.717) is 18.7 Å². The second-order valence-corrected chi connectivity index (χ2v) is 5.00. The molecule has 1 aromatic carbocycles. The van der Waals surface area contributed by atoms with Crippen LogP contribution in [0.25, 0.3) is 0 Å². The highest BCUT2D eigenvalue weighted by molar-refractivity contribution is 6.33. The number of hydrogen-bond acceptors (Lipinski definition) is 2. The van der Waals surface area contributed by atoms with Gasteiger partial charge in [0.1, 0.15) is 5.82 Å². The molecule has 0 spiro atoms. The molecule has 2 atom stereocenters. The lowest BCUT2D eigenvalue weighted by Gasteiger charge is -2.35. The van der Waals surface area contributed by atoms with Gasteiger partial charge in [0.2, 0.25) is 0 Å². The van der Waals surface area contributed by atoms with Crippen molar-refractivity contribution in [3.63, 3.8) is 0 Å². The van der Waals surface area contributed by atoms with Gasteiger partial charge in [-0.15, -0.1) is 0 Å². The lowest BCUT2D eigenvalue weighted by atomic mass is 10.1. The van der Waals surface area contributed by atoms with Crippen molar-refractivity contribution >= 4 is 17.5 Å². The van der Waals surface area contributed by atoms with Gasteiger partial charge in [-0.1, -0.05) is 11.6 Å². The zero-order valence-electron chi connectivity index (χ0n) is 10.3. The molecule has 0 aliphatic carbocycles. The minimum absolute atomic E-state index is 0.00285. The number of hydrogen-bond donors (Lipinski definition) is 0. The highest BCUT2D eigenvalue weighted by Crippen LogP contribution is 2.21. The Morgan fingerprint density at radius 2 is 2.00 bits per heavy atom. The first-order chi connectivity index (χ1) is 8.47. The van der Waals surface area contributed by atoms with Crippen LogP contribution in [0.2, 0.25) is 5.02 Å². The van der Waals surface area contributed by atoms with Crippen LogP contribution >= 0.6 is 11.6 Å². The molecule has 0 unspecified atom stereocenters. The summed E-state index contributed by atoms with van der Waals surface area (Å²) in [4.78, 5) is 14.0. The van der Waals surface area contributed by atoms with E-state index in [1.807, 2.05) is 13.8 Å². The number of carbonyl (C=O) groups excluding carboxylic acids is 1. The Morgan fingerprint density at radius 1 is 1.39 bits per heavy atom. The molecule has 18 heavy (non-hydrogen) atoms. The molecule has 1 aromatic rings. The van der Waals surface area contributed by atoms with E-state index in [-0.39, 0.29) is 23.1 Å². The Kier molecular flexibility index (Phi) is 3.88. The molecule has 2 rings (SSSR count). The van der Waals surface area contributed by atoms with Gasteiger partial charge in [-0.05, 0) is 32.0 Å². The molecule has 1 amide bonds. The van der Waals surface area contributed by atoms with Crippen molar-refractivity contribution < 1.29 is 13.9 Å². The molecule has 1 saturated heterocycles. The summed E-state index contributed by atoms with van der Waals surface area (Å²) >= 11 is 5.90. The fourth-order valence-corrected chi connectivity index (χ4v) is 2.43. The molecule has 5 heteroatoms. The molecule has 1 heterocycles. The normalized spacial score (nSPS) is 24.1. The molecular weight excluding hydrogens is 257 g/mol. The van der Waals surface area contributed by atoms with Crippen LogP contribution in [0.15, 0.2) is 18.2 Å². The van der Waals surface area contributed by atoms with Gasteiger partial charge >= 0.3 is 0 Å². The van der Waals surface area contributed by atoms with Gasteiger partial charge in [-0.25, -0.2) is 4.39 Å². The molecule has 98 valence electrons. The fraction of sp³-hybridized carbons (Fsp3) is 0.462. The highest BCUT2D eigenvalue weighted by Gasteiger charge is 2.27. The first-order valence-electron chi connectivity index (χ1n) is 5.87. The summed E-state index contributed by atoms with van der Waals surface area (Å²) in [5.74, 6) is -0.623. The lowest BCUT2D eigenvalue weighted by molar-refractivity contribution is -0.0586. The third kappa shape index (κ3) is 2.82. The summed E-state index contributed by atoms with van der Waals surface area (Å²) in [6, 6.07) is 3.82. The van der Waals surface area contributed by atoms with Gasteiger partial charge in [0.25, 0.3) is 5.91 Å². The van der Waals surface area contributed by atoms with Crippen molar-refractivity contribution in [3.05, 3.63) is 34.6 Å². The smallest absolute Gasteiger partial charge is 0.255 e. The van der Waals surface area contributed by atoms with E-state index < -0.39 is 5.82 Å². The Morgan fingerprint density at radius 3 is 2.56 bits per heavy atom. The van der Waals surface area contributed by atoms with Crippen LogP contribution in [0.3, 0.4) is 0 Å². The van der Waals surface area contributed by atoms with Gasteiger partial charge in [-0.2, -0.15) is 0 Å². The van der Waals surface area contributed by atoms with E-state index in [4.69, 9.17) is 16.3 Å². The van der Waals surface area contributed by atoms with E-state index in [1.165, 1.54) is 12.1 Å². The average molecular weight is 272 g/mol. The quantitative estimate of drug-likeness (QED) is 0.786. The summed E-state index contributed by atoms with van der Waals surface area (Å²) < 4.78 is 18.5. The van der Waals surface area contributed by atoms with Crippen LogP contribution in [0.4, 0.5) is 4.39 Å². The largest absolute Gasteiger partial charge is 0.372 e. The number of ether oxygens (including phenoxy) is 1. The number of benzene rings is 1. The first-order valence-corrected chi connectivity index (χ1v) is 6.25. The fourth-order valence-electron chi connectivity index (χ4n) is 2.18. The second kappa shape index (κ2) is 5.24. The van der Waals surface area contributed by atoms with E-state index >= 15 is 0 Å². The summed E-state index contributed by atoms with van der Waals surface area (Å²) in [5.41, 5.74) is 0.333. The number of halogens is 2. The van der Waals surface area contributed by atoms with Crippen molar-refractivity contribution in [2.75, 3.05) is 13.1 Å². The van der Waals surface area contributed by atoms with Crippen molar-refractivity contribution in [2.45, 2.75) is 26.1 Å². The Bertz CT molecular complexity index is 456. The molecule has 3 nitrogen and oxygen atoms in total. The molecule has 1 fully saturated rings. The zero-order valence-corrected chi connectivity index (χ0v) is 11.1. The molecule has 1 aliphatic rings. The Hall–Kier alpha value is -1.13. The van der Waals surface area contributed by atoms with Crippen LogP contribution in [-0.4, -0.2) is 36.1 Å². The predicted molar refractivity (Wildman–Crippen MR) is 67.3 cm³/mol. The van der Waals surface area contributed by atoms with Crippen molar-refractivity contribution in [1.29, 1.82) is 0 Å². The SMILES string of the molecule is C[C@H]1CN(C(=O)c2ccc(F)cc2Cl)C[C@H](C)O1. The molecule has 0 saturated carbocycles. The van der Waals surface area contributed by atoms with Gasteiger partial charge in [0.05, 0.1) is 22.8 Å². The summed E-state index contributed by atoms with van der Waals surface area (Å²) in [6.07, 6.45) is -0.00570. The van der Waals surface area contributed by atoms with Gasteiger partial charge in [0.15, 0.2) is 0 Å². The lowest BCUT2D eigenvalue weighted by Crippen LogP contribution is -2.48. The summed E-state index contributed by atoms with van der Waals surface area (Å²) in [6.45, 7) is 4.89. The third-order valence-electron chi connectivity index (χ3n) is 2.87. The summed E-state index contributed by atoms with van der Waals surface area (Å²) in [5, 5.41) is 0.145. The summed E-state index contributed by atoms with van der Waals surface area (Å²) in [7, 11) is 0. The van der Waals surface area contributed by atoms with Crippen LogP contribution in [-0.2, 0) is 4.74 Å². The van der Waals surface area contributed by atoms with E-state index in [0.717, 1.165) is 6.07 Å². The first kappa shape index (κ1) is 13.3. The number of carbonyl (C=O) groups is 1. The zero-order chi connectivity index (χ0) is 13.3. The van der Waals surface area contributed by atoms with Crippen molar-refractivity contribution in [2.24, 2.45) is 0 Å². The van der Waals surface area contributed by atoms with Gasteiger partial charge in [0, 0.05) is 13.1 Å². The predicted octanol–water partition coefficient (Wildman–Crippen LogP) is 2.73. The van der Waals surface area contributed by atoms with Gasteiger partial charge in [-0.3, -0.25) is 4.79 Å². The minimum Gasteiger partial charge on any atom is -0.372 e. The minimum atomic E-state index is -0.444. The average Bonchev–Trinajstić information content (AvgIpc) is 2.26. The van der Waals surface area contributed by atoms with Crippen molar-refractivity contribution in [3.8, 4) is 0 Å². The highest BCUT2D eigenvalue weighted by atomic mass is 35.5. The van der Waals surface area contributed by atoms with E-state index in [2.05, 4.69) is 0 Å². The van der Waals surface area contributed by atoms with Crippen LogP contribution in [0.5, 0.6) is 0 Å². The van der Waals surface area contributed by atoms with Crippen LogP contribution in [0.1, 0.15) is 24.2 Å². The monoisotopic (exact) mass is 271 g/mol. The number of rotatable bonds is 1. The molecule has 0 N–H and O–H groups in total. The molecule has 0 bridgehead atoms. The molecular formula is C13H15ClFNO2. The Labute approximate surface area is 110 Å². The van der Waals surface area contributed by atoms with Crippen LogP contribution < -0.4 is 0 Å². The Balaban J connectivity index is 2.20. The van der Waals surface area contributed by atoms with E-state index in [9.17, 15) is 9.18 Å². The molecule has 0 aromatic heterocycles. The third-order valence-corrected chi connectivity index (χ3v) is 3.18. The van der Waals surface area contributed by atoms with E-state index in [1.54, 1.807) is 4.90 Å². The number of nitrogens with zero attached hydrogens (tertiary/aromatic N) is 1. The maximum atomic E-state index is 12.9. The van der Waals surface area contributed by atoms with Gasteiger partial charge < -0.3 is 9.64 Å². The number of morpholine rings is 1. The molecule has 0 radical (unpaired) electrons. The number of amides is 1. The van der Waals surface area contributed by atoms with Crippen LogP contribution in [0, 0.1) is 5.82 Å².